The van der Waals surface area contributed by atoms with Crippen molar-refractivity contribution in [3.63, 3.8) is 0 Å². The molecule has 0 aromatic carbocycles. The number of alkyl halides is 1. The van der Waals surface area contributed by atoms with Crippen molar-refractivity contribution in [3.05, 3.63) is 0 Å². The summed E-state index contributed by atoms with van der Waals surface area (Å²) < 4.78 is 0. The summed E-state index contributed by atoms with van der Waals surface area (Å²) in [4.78, 5) is 10.6. The van der Waals surface area contributed by atoms with Gasteiger partial charge in [-0.3, -0.25) is 4.79 Å². The van der Waals surface area contributed by atoms with Gasteiger partial charge in [0.25, 0.3) is 0 Å². The zero-order valence-electron chi connectivity index (χ0n) is 7.18. The zero-order chi connectivity index (χ0) is 9.03. The number of hydrogen-bond acceptors (Lipinski definition) is 1. The predicted molar refractivity (Wildman–Crippen MR) is 51.6 cm³/mol. The maximum atomic E-state index is 10.6. The van der Waals surface area contributed by atoms with E-state index in [1.807, 2.05) is 0 Å². The molecule has 0 bridgehead atoms. The quantitative estimate of drug-likeness (QED) is 0.760. The molecule has 2 nitrogen and oxygen atoms in total. The Morgan fingerprint density at radius 2 is 2.00 bits per heavy atom. The molecule has 0 amide bonds. The largest absolute Gasteiger partial charge is 0.481 e. The molecular formula is C9H15BrO2. The Bertz CT molecular complexity index is 162. The molecule has 0 spiro atoms. The van der Waals surface area contributed by atoms with E-state index >= 15 is 0 Å². The van der Waals surface area contributed by atoms with Gasteiger partial charge in [0, 0.05) is 5.33 Å². The summed E-state index contributed by atoms with van der Waals surface area (Å²) in [6.07, 6.45) is 5.99. The van der Waals surface area contributed by atoms with Gasteiger partial charge in [-0.1, -0.05) is 28.8 Å². The van der Waals surface area contributed by atoms with Gasteiger partial charge in [0.1, 0.15) is 0 Å². The normalized spacial score (nSPS) is 21.1. The van der Waals surface area contributed by atoms with Crippen LogP contribution in [0.3, 0.4) is 0 Å². The number of carboxylic acid groups (broad SMARTS) is 1. The van der Waals surface area contributed by atoms with Crippen molar-refractivity contribution in [1.82, 2.24) is 0 Å². The van der Waals surface area contributed by atoms with E-state index in [0.717, 1.165) is 24.6 Å². The van der Waals surface area contributed by atoms with Crippen molar-refractivity contribution in [2.45, 2.75) is 38.5 Å². The summed E-state index contributed by atoms with van der Waals surface area (Å²) in [5.41, 5.74) is 0.120. The van der Waals surface area contributed by atoms with E-state index in [2.05, 4.69) is 15.9 Å². The first-order chi connectivity index (χ1) is 5.68. The molecule has 0 heterocycles. The molecule has 0 aliphatic heterocycles. The first-order valence-corrected chi connectivity index (χ1v) is 5.58. The van der Waals surface area contributed by atoms with Gasteiger partial charge in [-0.2, -0.15) is 0 Å². The van der Waals surface area contributed by atoms with Crippen LogP contribution in [0.5, 0.6) is 0 Å². The fraction of sp³-hybridized carbons (Fsp3) is 0.889. The summed E-state index contributed by atoms with van der Waals surface area (Å²) in [7, 11) is 0. The molecule has 1 saturated carbocycles. The molecular weight excluding hydrogens is 220 g/mol. The standard InChI is InChI=1S/C9H15BrO2/c10-6-5-9(7-8(11)12)3-1-2-4-9/h1-7H2,(H,11,12). The zero-order valence-corrected chi connectivity index (χ0v) is 8.77. The fourth-order valence-corrected chi connectivity index (χ4v) is 3.00. The van der Waals surface area contributed by atoms with Crippen LogP contribution in [-0.4, -0.2) is 16.4 Å². The van der Waals surface area contributed by atoms with Gasteiger partial charge in [-0.15, -0.1) is 0 Å². The van der Waals surface area contributed by atoms with Crippen molar-refractivity contribution >= 4 is 21.9 Å². The highest BCUT2D eigenvalue weighted by Crippen LogP contribution is 2.44. The summed E-state index contributed by atoms with van der Waals surface area (Å²) >= 11 is 3.39. The van der Waals surface area contributed by atoms with E-state index in [0.29, 0.717) is 6.42 Å². The fourth-order valence-electron chi connectivity index (χ4n) is 2.16. The maximum Gasteiger partial charge on any atom is 0.303 e. The lowest BCUT2D eigenvalue weighted by atomic mass is 9.80. The van der Waals surface area contributed by atoms with Gasteiger partial charge >= 0.3 is 5.97 Å². The Morgan fingerprint density at radius 1 is 1.42 bits per heavy atom. The highest BCUT2D eigenvalue weighted by atomic mass is 79.9. The predicted octanol–water partition coefficient (Wildman–Crippen LogP) is 2.81. The second-order valence-electron chi connectivity index (χ2n) is 3.72. The number of aliphatic carboxylic acids is 1. The third kappa shape index (κ3) is 2.47. The lowest BCUT2D eigenvalue weighted by Gasteiger charge is -2.25. The van der Waals surface area contributed by atoms with E-state index in [1.165, 1.54) is 12.8 Å². The molecule has 0 saturated heterocycles. The van der Waals surface area contributed by atoms with Crippen LogP contribution in [0.4, 0.5) is 0 Å². The molecule has 0 unspecified atom stereocenters. The molecule has 0 atom stereocenters. The monoisotopic (exact) mass is 234 g/mol. The van der Waals surface area contributed by atoms with Gasteiger partial charge in [0.15, 0.2) is 0 Å². The minimum atomic E-state index is -0.641. The number of rotatable bonds is 4. The average molecular weight is 235 g/mol. The van der Waals surface area contributed by atoms with Crippen LogP contribution in [0.1, 0.15) is 38.5 Å². The Hall–Kier alpha value is -0.0500. The van der Waals surface area contributed by atoms with Gasteiger partial charge < -0.3 is 5.11 Å². The molecule has 3 heteroatoms. The lowest BCUT2D eigenvalue weighted by molar-refractivity contribution is -0.139. The molecule has 1 rings (SSSR count). The van der Waals surface area contributed by atoms with Crippen LogP contribution in [-0.2, 0) is 4.79 Å². The third-order valence-corrected chi connectivity index (χ3v) is 3.21. The van der Waals surface area contributed by atoms with Crippen LogP contribution in [0.15, 0.2) is 0 Å². The van der Waals surface area contributed by atoms with Crippen LogP contribution in [0, 0.1) is 5.41 Å². The van der Waals surface area contributed by atoms with Crippen molar-refractivity contribution in [2.24, 2.45) is 5.41 Å². The highest BCUT2D eigenvalue weighted by Gasteiger charge is 2.34. The Balaban J connectivity index is 2.52. The molecule has 1 fully saturated rings. The minimum absolute atomic E-state index is 0.120. The Labute approximate surface area is 81.5 Å². The van der Waals surface area contributed by atoms with Crippen LogP contribution in [0.25, 0.3) is 0 Å². The number of hydrogen-bond donors (Lipinski definition) is 1. The van der Waals surface area contributed by atoms with Gasteiger partial charge in [-0.05, 0) is 24.7 Å². The number of carboxylic acids is 1. The van der Waals surface area contributed by atoms with E-state index in [4.69, 9.17) is 5.11 Å². The highest BCUT2D eigenvalue weighted by molar-refractivity contribution is 9.09. The molecule has 0 aromatic heterocycles. The van der Waals surface area contributed by atoms with E-state index in [1.54, 1.807) is 0 Å². The molecule has 1 aliphatic carbocycles. The molecule has 1 aliphatic rings. The number of carbonyl (C=O) groups is 1. The van der Waals surface area contributed by atoms with Crippen molar-refractivity contribution < 1.29 is 9.90 Å². The van der Waals surface area contributed by atoms with Gasteiger partial charge in [0.2, 0.25) is 0 Å². The summed E-state index contributed by atoms with van der Waals surface area (Å²) in [6, 6.07) is 0. The summed E-state index contributed by atoms with van der Waals surface area (Å²) in [6.45, 7) is 0. The first-order valence-electron chi connectivity index (χ1n) is 4.46. The minimum Gasteiger partial charge on any atom is -0.481 e. The molecule has 0 aromatic rings. The van der Waals surface area contributed by atoms with Crippen molar-refractivity contribution in [2.75, 3.05) is 5.33 Å². The molecule has 12 heavy (non-hydrogen) atoms. The van der Waals surface area contributed by atoms with Gasteiger partial charge in [0.05, 0.1) is 6.42 Å². The summed E-state index contributed by atoms with van der Waals surface area (Å²) in [5, 5.41) is 9.68. The smallest absolute Gasteiger partial charge is 0.303 e. The third-order valence-electron chi connectivity index (χ3n) is 2.82. The number of halogens is 1. The summed E-state index contributed by atoms with van der Waals surface area (Å²) in [5.74, 6) is -0.641. The molecule has 1 N–H and O–H groups in total. The molecule has 70 valence electrons. The van der Waals surface area contributed by atoms with Crippen molar-refractivity contribution in [1.29, 1.82) is 0 Å². The first kappa shape index (κ1) is 10.0. The average Bonchev–Trinajstić information content (AvgIpc) is 2.36. The van der Waals surface area contributed by atoms with Crippen LogP contribution in [0.2, 0.25) is 0 Å². The van der Waals surface area contributed by atoms with E-state index in [9.17, 15) is 4.79 Å². The SMILES string of the molecule is O=C(O)CC1(CCBr)CCCC1. The van der Waals surface area contributed by atoms with E-state index in [-0.39, 0.29) is 5.41 Å². The van der Waals surface area contributed by atoms with Crippen LogP contribution >= 0.6 is 15.9 Å². The molecule has 0 radical (unpaired) electrons. The maximum absolute atomic E-state index is 10.6. The van der Waals surface area contributed by atoms with Crippen LogP contribution < -0.4 is 0 Å². The Kier molecular flexibility index (Phi) is 3.56. The van der Waals surface area contributed by atoms with E-state index < -0.39 is 5.97 Å². The second kappa shape index (κ2) is 4.26. The lowest BCUT2D eigenvalue weighted by Crippen LogP contribution is -2.21. The Morgan fingerprint density at radius 3 is 2.42 bits per heavy atom. The van der Waals surface area contributed by atoms with Crippen molar-refractivity contribution in [3.8, 4) is 0 Å². The topological polar surface area (TPSA) is 37.3 Å². The van der Waals surface area contributed by atoms with Gasteiger partial charge in [-0.25, -0.2) is 0 Å². The second-order valence-corrected chi connectivity index (χ2v) is 4.51.